The van der Waals surface area contributed by atoms with Crippen LogP contribution in [0.3, 0.4) is 0 Å². The van der Waals surface area contributed by atoms with E-state index in [1.165, 1.54) is 11.8 Å². The van der Waals surface area contributed by atoms with Gasteiger partial charge in [-0.2, -0.15) is 0 Å². The highest BCUT2D eigenvalue weighted by Crippen LogP contribution is 2.24. The average Bonchev–Trinajstić information content (AvgIpc) is 3.04. The summed E-state index contributed by atoms with van der Waals surface area (Å²) in [5, 5.41) is 8.52. The van der Waals surface area contributed by atoms with Crippen LogP contribution in [0.2, 0.25) is 0 Å². The van der Waals surface area contributed by atoms with E-state index in [-0.39, 0.29) is 11.2 Å². The Balaban J connectivity index is 1.54. The molecule has 7 heteroatoms. The Kier molecular flexibility index (Phi) is 4.30. The number of carbonyl (C=O) groups is 1. The van der Waals surface area contributed by atoms with E-state index in [0.29, 0.717) is 5.16 Å². The zero-order valence-electron chi connectivity index (χ0n) is 14.4. The molecule has 0 saturated heterocycles. The SMILES string of the molecule is Cc1cccc(NC(=O)[C@H](C)Sc2nc3c4ccccc4ncn3n2)c1. The van der Waals surface area contributed by atoms with Gasteiger partial charge in [0.1, 0.15) is 6.33 Å². The van der Waals surface area contributed by atoms with Crippen molar-refractivity contribution in [1.82, 2.24) is 19.6 Å². The molecule has 1 N–H and O–H groups in total. The van der Waals surface area contributed by atoms with Gasteiger partial charge in [0.05, 0.1) is 10.8 Å². The second-order valence-electron chi connectivity index (χ2n) is 6.04. The summed E-state index contributed by atoms with van der Waals surface area (Å²) in [6.07, 6.45) is 1.65. The van der Waals surface area contributed by atoms with Gasteiger partial charge < -0.3 is 5.32 Å². The van der Waals surface area contributed by atoms with Gasteiger partial charge in [0, 0.05) is 11.1 Å². The van der Waals surface area contributed by atoms with Crippen molar-refractivity contribution in [2.45, 2.75) is 24.3 Å². The van der Waals surface area contributed by atoms with Crippen molar-refractivity contribution in [1.29, 1.82) is 0 Å². The van der Waals surface area contributed by atoms with Gasteiger partial charge >= 0.3 is 0 Å². The van der Waals surface area contributed by atoms with Gasteiger partial charge in [-0.05, 0) is 43.7 Å². The maximum absolute atomic E-state index is 12.4. The number of nitrogens with one attached hydrogen (secondary N) is 1. The first-order valence-corrected chi connectivity index (χ1v) is 9.12. The molecule has 0 radical (unpaired) electrons. The molecule has 0 saturated carbocycles. The summed E-state index contributed by atoms with van der Waals surface area (Å²) >= 11 is 1.33. The quantitative estimate of drug-likeness (QED) is 0.560. The first kappa shape index (κ1) is 16.5. The van der Waals surface area contributed by atoms with Crippen molar-refractivity contribution in [3.63, 3.8) is 0 Å². The number of aryl methyl sites for hydroxylation is 1. The number of amides is 1. The maximum atomic E-state index is 12.4. The van der Waals surface area contributed by atoms with Crippen LogP contribution in [0.5, 0.6) is 0 Å². The third-order valence-corrected chi connectivity index (χ3v) is 4.95. The first-order valence-electron chi connectivity index (χ1n) is 8.24. The van der Waals surface area contributed by atoms with Crippen molar-refractivity contribution in [3.8, 4) is 0 Å². The van der Waals surface area contributed by atoms with E-state index < -0.39 is 0 Å². The van der Waals surface area contributed by atoms with E-state index in [0.717, 1.165) is 27.8 Å². The predicted molar refractivity (Wildman–Crippen MR) is 103 cm³/mol. The molecule has 4 rings (SSSR count). The Hall–Kier alpha value is -2.93. The molecule has 130 valence electrons. The Bertz CT molecular complexity index is 1110. The summed E-state index contributed by atoms with van der Waals surface area (Å²) in [6.45, 7) is 3.84. The lowest BCUT2D eigenvalue weighted by atomic mass is 10.2. The summed E-state index contributed by atoms with van der Waals surface area (Å²) in [6, 6.07) is 15.5. The summed E-state index contributed by atoms with van der Waals surface area (Å²) in [7, 11) is 0. The lowest BCUT2D eigenvalue weighted by Crippen LogP contribution is -2.22. The van der Waals surface area contributed by atoms with Gasteiger partial charge in [-0.15, -0.1) is 5.10 Å². The third-order valence-electron chi connectivity index (χ3n) is 4.00. The second-order valence-corrected chi connectivity index (χ2v) is 7.35. The van der Waals surface area contributed by atoms with Crippen LogP contribution in [0.1, 0.15) is 12.5 Å². The number of rotatable bonds is 4. The molecule has 0 bridgehead atoms. The molecule has 2 heterocycles. The Morgan fingerprint density at radius 1 is 1.19 bits per heavy atom. The molecular formula is C19H17N5OS. The highest BCUT2D eigenvalue weighted by molar-refractivity contribution is 8.00. The fourth-order valence-electron chi connectivity index (χ4n) is 2.69. The highest BCUT2D eigenvalue weighted by Gasteiger charge is 2.18. The Morgan fingerprint density at radius 2 is 2.04 bits per heavy atom. The number of anilines is 1. The van der Waals surface area contributed by atoms with Crippen LogP contribution in [0.25, 0.3) is 16.6 Å². The maximum Gasteiger partial charge on any atom is 0.237 e. The number of hydrogen-bond acceptors (Lipinski definition) is 5. The van der Waals surface area contributed by atoms with Crippen LogP contribution in [-0.2, 0) is 4.79 Å². The van der Waals surface area contributed by atoms with Crippen molar-refractivity contribution in [2.24, 2.45) is 0 Å². The van der Waals surface area contributed by atoms with Crippen molar-refractivity contribution < 1.29 is 4.79 Å². The Labute approximate surface area is 154 Å². The van der Waals surface area contributed by atoms with E-state index >= 15 is 0 Å². The van der Waals surface area contributed by atoms with Gasteiger partial charge in [-0.25, -0.2) is 14.5 Å². The minimum Gasteiger partial charge on any atom is -0.325 e. The normalized spacial score (nSPS) is 12.4. The van der Waals surface area contributed by atoms with Gasteiger partial charge in [0.15, 0.2) is 5.65 Å². The van der Waals surface area contributed by atoms with Crippen LogP contribution in [-0.4, -0.2) is 30.7 Å². The summed E-state index contributed by atoms with van der Waals surface area (Å²) in [5.41, 5.74) is 3.50. The molecule has 2 aromatic heterocycles. The van der Waals surface area contributed by atoms with Crippen molar-refractivity contribution >= 4 is 39.9 Å². The number of para-hydroxylation sites is 1. The average molecular weight is 363 g/mol. The topological polar surface area (TPSA) is 72.2 Å². The number of aromatic nitrogens is 4. The molecule has 0 unspecified atom stereocenters. The third kappa shape index (κ3) is 3.25. The number of thioether (sulfide) groups is 1. The number of benzene rings is 2. The lowest BCUT2D eigenvalue weighted by molar-refractivity contribution is -0.115. The molecule has 26 heavy (non-hydrogen) atoms. The molecule has 2 aromatic carbocycles. The summed E-state index contributed by atoms with van der Waals surface area (Å²) in [5.74, 6) is -0.0811. The fourth-order valence-corrected chi connectivity index (χ4v) is 3.44. The van der Waals surface area contributed by atoms with E-state index in [4.69, 9.17) is 0 Å². The molecule has 0 spiro atoms. The monoisotopic (exact) mass is 363 g/mol. The van der Waals surface area contributed by atoms with E-state index in [1.807, 2.05) is 62.4 Å². The van der Waals surface area contributed by atoms with Gasteiger partial charge in [-0.3, -0.25) is 4.79 Å². The van der Waals surface area contributed by atoms with Crippen molar-refractivity contribution in [2.75, 3.05) is 5.32 Å². The van der Waals surface area contributed by atoms with E-state index in [2.05, 4.69) is 20.4 Å². The Morgan fingerprint density at radius 3 is 2.88 bits per heavy atom. The standard InChI is InChI=1S/C19H17N5OS/c1-12-6-5-7-14(10-12)21-18(25)13(2)26-19-22-17-15-8-3-4-9-16(15)20-11-24(17)23-19/h3-11,13H,1-2H3,(H,21,25)/t13-/m0/s1. The van der Waals surface area contributed by atoms with Crippen LogP contribution in [0.15, 0.2) is 60.0 Å². The molecule has 1 amide bonds. The minimum atomic E-state index is -0.327. The highest BCUT2D eigenvalue weighted by atomic mass is 32.2. The molecular weight excluding hydrogens is 346 g/mol. The molecule has 0 aliphatic carbocycles. The number of carbonyl (C=O) groups excluding carboxylic acids is 1. The zero-order valence-corrected chi connectivity index (χ0v) is 15.2. The molecule has 0 aliphatic heterocycles. The summed E-state index contributed by atoms with van der Waals surface area (Å²) < 4.78 is 1.65. The van der Waals surface area contributed by atoms with Crippen LogP contribution in [0, 0.1) is 6.92 Å². The van der Waals surface area contributed by atoms with Gasteiger partial charge in [0.2, 0.25) is 11.1 Å². The largest absolute Gasteiger partial charge is 0.325 e. The predicted octanol–water partition coefficient (Wildman–Crippen LogP) is 3.71. The molecule has 4 aromatic rings. The van der Waals surface area contributed by atoms with E-state index in [9.17, 15) is 4.79 Å². The fraction of sp³-hybridized carbons (Fsp3) is 0.158. The van der Waals surface area contributed by atoms with Gasteiger partial charge in [0.25, 0.3) is 0 Å². The zero-order chi connectivity index (χ0) is 18.1. The molecule has 0 fully saturated rings. The second kappa shape index (κ2) is 6.76. The number of hydrogen-bond donors (Lipinski definition) is 1. The number of fused-ring (bicyclic) bond motifs is 3. The smallest absolute Gasteiger partial charge is 0.237 e. The summed E-state index contributed by atoms with van der Waals surface area (Å²) in [4.78, 5) is 21.4. The van der Waals surface area contributed by atoms with Crippen LogP contribution in [0.4, 0.5) is 5.69 Å². The minimum absolute atomic E-state index is 0.0811. The number of nitrogens with zero attached hydrogens (tertiary/aromatic N) is 4. The van der Waals surface area contributed by atoms with Crippen LogP contribution >= 0.6 is 11.8 Å². The van der Waals surface area contributed by atoms with Crippen molar-refractivity contribution in [3.05, 3.63) is 60.4 Å². The van der Waals surface area contributed by atoms with Crippen LogP contribution < -0.4 is 5.32 Å². The first-order chi connectivity index (χ1) is 12.6. The molecule has 0 aliphatic rings. The van der Waals surface area contributed by atoms with Gasteiger partial charge in [-0.1, -0.05) is 36.0 Å². The molecule has 1 atom stereocenters. The molecule has 6 nitrogen and oxygen atoms in total. The lowest BCUT2D eigenvalue weighted by Gasteiger charge is -2.10. The van der Waals surface area contributed by atoms with E-state index in [1.54, 1.807) is 10.8 Å².